The molecular weight excluding hydrogens is 264 g/mol. The van der Waals surface area contributed by atoms with Crippen LogP contribution < -0.4 is 10.2 Å². The fourth-order valence-electron chi connectivity index (χ4n) is 1.93. The Kier molecular flexibility index (Phi) is 3.06. The minimum absolute atomic E-state index is 1.13. The van der Waals surface area contributed by atoms with Crippen molar-refractivity contribution in [2.45, 2.75) is 0 Å². The number of anilines is 2. The Hall–Kier alpha value is -1.22. The Labute approximate surface area is 104 Å². The topological polar surface area (TPSA) is 15.3 Å². The maximum atomic E-state index is 3.60. The Bertz CT molecular complexity index is 521. The Morgan fingerprint density at radius 2 is 1.88 bits per heavy atom. The third-order valence-electron chi connectivity index (χ3n) is 2.72. The van der Waals surface area contributed by atoms with Crippen molar-refractivity contribution < 1.29 is 0 Å². The second-order valence-electron chi connectivity index (χ2n) is 3.94. The molecule has 0 atom stereocenters. The van der Waals surface area contributed by atoms with E-state index in [1.165, 1.54) is 16.5 Å². The van der Waals surface area contributed by atoms with E-state index in [1.807, 2.05) is 7.05 Å². The SMILES string of the molecule is CNc1ccc(Br)c2cccc(N(C)C)c12. The highest BCUT2D eigenvalue weighted by Gasteiger charge is 2.09. The maximum Gasteiger partial charge on any atom is 0.0462 e. The van der Waals surface area contributed by atoms with Gasteiger partial charge in [0.25, 0.3) is 0 Å². The van der Waals surface area contributed by atoms with Gasteiger partial charge in [-0.3, -0.25) is 0 Å². The predicted octanol–water partition coefficient (Wildman–Crippen LogP) is 3.71. The number of nitrogens with one attached hydrogen (secondary N) is 1. The van der Waals surface area contributed by atoms with E-state index >= 15 is 0 Å². The fourth-order valence-corrected chi connectivity index (χ4v) is 2.40. The van der Waals surface area contributed by atoms with Crippen LogP contribution in [0.3, 0.4) is 0 Å². The normalized spacial score (nSPS) is 10.5. The van der Waals surface area contributed by atoms with Crippen molar-refractivity contribution >= 4 is 38.1 Å². The Balaban J connectivity index is 2.88. The van der Waals surface area contributed by atoms with Crippen molar-refractivity contribution in [1.29, 1.82) is 0 Å². The third kappa shape index (κ3) is 1.76. The maximum absolute atomic E-state index is 3.60. The molecule has 2 aromatic rings. The zero-order valence-corrected chi connectivity index (χ0v) is 11.3. The predicted molar refractivity (Wildman–Crippen MR) is 75.5 cm³/mol. The summed E-state index contributed by atoms with van der Waals surface area (Å²) in [5.74, 6) is 0. The summed E-state index contributed by atoms with van der Waals surface area (Å²) in [6.45, 7) is 0. The van der Waals surface area contributed by atoms with Crippen molar-refractivity contribution in [2.24, 2.45) is 0 Å². The van der Waals surface area contributed by atoms with Crippen molar-refractivity contribution in [3.63, 3.8) is 0 Å². The van der Waals surface area contributed by atoms with Crippen molar-refractivity contribution in [1.82, 2.24) is 0 Å². The molecule has 16 heavy (non-hydrogen) atoms. The zero-order valence-electron chi connectivity index (χ0n) is 9.71. The van der Waals surface area contributed by atoms with Gasteiger partial charge in [-0.1, -0.05) is 28.1 Å². The fraction of sp³-hybridized carbons (Fsp3) is 0.231. The zero-order chi connectivity index (χ0) is 11.7. The van der Waals surface area contributed by atoms with Gasteiger partial charge in [-0.05, 0) is 18.2 Å². The minimum Gasteiger partial charge on any atom is -0.388 e. The van der Waals surface area contributed by atoms with Gasteiger partial charge in [0.1, 0.15) is 0 Å². The number of halogens is 1. The first-order valence-electron chi connectivity index (χ1n) is 5.21. The summed E-state index contributed by atoms with van der Waals surface area (Å²) < 4.78 is 1.13. The van der Waals surface area contributed by atoms with Gasteiger partial charge >= 0.3 is 0 Å². The second-order valence-corrected chi connectivity index (χ2v) is 4.79. The number of fused-ring (bicyclic) bond motifs is 1. The van der Waals surface area contributed by atoms with E-state index in [4.69, 9.17) is 0 Å². The second kappa shape index (κ2) is 4.34. The van der Waals surface area contributed by atoms with Crippen LogP contribution in [0.5, 0.6) is 0 Å². The molecule has 0 bridgehead atoms. The summed E-state index contributed by atoms with van der Waals surface area (Å²) in [5.41, 5.74) is 2.38. The highest BCUT2D eigenvalue weighted by molar-refractivity contribution is 9.10. The molecule has 1 N–H and O–H groups in total. The quantitative estimate of drug-likeness (QED) is 0.901. The molecule has 3 heteroatoms. The molecule has 2 aromatic carbocycles. The molecule has 0 fully saturated rings. The first kappa shape index (κ1) is 11.3. The Morgan fingerprint density at radius 1 is 1.12 bits per heavy atom. The van der Waals surface area contributed by atoms with E-state index in [2.05, 4.69) is 70.6 Å². The molecule has 84 valence electrons. The van der Waals surface area contributed by atoms with E-state index in [0.717, 1.165) is 10.2 Å². The lowest BCUT2D eigenvalue weighted by Crippen LogP contribution is -2.09. The first-order valence-corrected chi connectivity index (χ1v) is 6.00. The molecule has 0 amide bonds. The molecule has 0 aliphatic rings. The van der Waals surface area contributed by atoms with Crippen LogP contribution in [-0.2, 0) is 0 Å². The van der Waals surface area contributed by atoms with Crippen LogP contribution >= 0.6 is 15.9 Å². The van der Waals surface area contributed by atoms with Gasteiger partial charge < -0.3 is 10.2 Å². The molecule has 0 aliphatic carbocycles. The van der Waals surface area contributed by atoms with Gasteiger partial charge in [0.05, 0.1) is 0 Å². The summed E-state index contributed by atoms with van der Waals surface area (Å²) in [5, 5.41) is 5.73. The van der Waals surface area contributed by atoms with E-state index < -0.39 is 0 Å². The monoisotopic (exact) mass is 278 g/mol. The van der Waals surface area contributed by atoms with Crippen LogP contribution in [0.2, 0.25) is 0 Å². The van der Waals surface area contributed by atoms with Gasteiger partial charge in [0.2, 0.25) is 0 Å². The number of hydrogen-bond donors (Lipinski definition) is 1. The largest absolute Gasteiger partial charge is 0.388 e. The third-order valence-corrected chi connectivity index (χ3v) is 3.41. The van der Waals surface area contributed by atoms with Crippen molar-refractivity contribution in [2.75, 3.05) is 31.4 Å². The number of nitrogens with zero attached hydrogens (tertiary/aromatic N) is 1. The Morgan fingerprint density at radius 3 is 2.50 bits per heavy atom. The molecule has 0 spiro atoms. The standard InChI is InChI=1S/C13H15BrN2/c1-15-11-8-7-10(14)9-5-4-6-12(13(9)11)16(2)3/h4-8,15H,1-3H3. The summed E-state index contributed by atoms with van der Waals surface area (Å²) in [4.78, 5) is 2.13. The van der Waals surface area contributed by atoms with Crippen LogP contribution in [0.25, 0.3) is 10.8 Å². The van der Waals surface area contributed by atoms with Crippen molar-refractivity contribution in [3.8, 4) is 0 Å². The van der Waals surface area contributed by atoms with Gasteiger partial charge in [-0.15, -0.1) is 0 Å². The van der Waals surface area contributed by atoms with Gasteiger partial charge in [0.15, 0.2) is 0 Å². The highest BCUT2D eigenvalue weighted by atomic mass is 79.9. The number of hydrogen-bond acceptors (Lipinski definition) is 2. The summed E-state index contributed by atoms with van der Waals surface area (Å²) >= 11 is 3.60. The molecule has 0 heterocycles. The lowest BCUT2D eigenvalue weighted by Gasteiger charge is -2.18. The smallest absolute Gasteiger partial charge is 0.0462 e. The lowest BCUT2D eigenvalue weighted by molar-refractivity contribution is 1.14. The minimum atomic E-state index is 1.13. The molecule has 0 aromatic heterocycles. The average Bonchev–Trinajstić information content (AvgIpc) is 2.29. The van der Waals surface area contributed by atoms with E-state index in [-0.39, 0.29) is 0 Å². The van der Waals surface area contributed by atoms with Gasteiger partial charge in [-0.25, -0.2) is 0 Å². The van der Waals surface area contributed by atoms with Crippen LogP contribution in [0.1, 0.15) is 0 Å². The first-order chi connectivity index (χ1) is 7.65. The van der Waals surface area contributed by atoms with E-state index in [9.17, 15) is 0 Å². The molecule has 0 saturated heterocycles. The molecule has 0 aliphatic heterocycles. The molecule has 0 unspecified atom stereocenters. The molecule has 2 nitrogen and oxygen atoms in total. The highest BCUT2D eigenvalue weighted by Crippen LogP contribution is 2.36. The van der Waals surface area contributed by atoms with Crippen LogP contribution in [0.4, 0.5) is 11.4 Å². The van der Waals surface area contributed by atoms with E-state index in [0.29, 0.717) is 0 Å². The average molecular weight is 279 g/mol. The van der Waals surface area contributed by atoms with Gasteiger partial charge in [-0.2, -0.15) is 0 Å². The van der Waals surface area contributed by atoms with Gasteiger partial charge in [0, 0.05) is 47.8 Å². The van der Waals surface area contributed by atoms with Crippen LogP contribution in [-0.4, -0.2) is 21.1 Å². The molecule has 2 rings (SSSR count). The molecule has 0 saturated carbocycles. The van der Waals surface area contributed by atoms with E-state index in [1.54, 1.807) is 0 Å². The van der Waals surface area contributed by atoms with Crippen LogP contribution in [0, 0.1) is 0 Å². The van der Waals surface area contributed by atoms with Crippen LogP contribution in [0.15, 0.2) is 34.8 Å². The van der Waals surface area contributed by atoms with Crippen molar-refractivity contribution in [3.05, 3.63) is 34.8 Å². The number of benzene rings is 2. The summed E-state index contributed by atoms with van der Waals surface area (Å²) in [7, 11) is 6.08. The summed E-state index contributed by atoms with van der Waals surface area (Å²) in [6, 6.07) is 10.5. The lowest BCUT2D eigenvalue weighted by atomic mass is 10.1. The molecular formula is C13H15BrN2. The molecule has 0 radical (unpaired) electrons. The number of rotatable bonds is 2. The summed E-state index contributed by atoms with van der Waals surface area (Å²) in [6.07, 6.45) is 0.